The lowest BCUT2D eigenvalue weighted by Gasteiger charge is -2.32. The van der Waals surface area contributed by atoms with Gasteiger partial charge in [-0.15, -0.1) is 0 Å². The van der Waals surface area contributed by atoms with Crippen LogP contribution >= 0.6 is 23.2 Å². The minimum Gasteiger partial charge on any atom is -0.507 e. The molecule has 1 amide bonds. The molecule has 4 atom stereocenters. The Morgan fingerprint density at radius 1 is 0.977 bits per heavy atom. The summed E-state index contributed by atoms with van der Waals surface area (Å²) in [5, 5.41) is 11.1. The number of hydrogen-bond donors (Lipinski definition) is 2. The molecule has 2 saturated heterocycles. The predicted octanol–water partition coefficient (Wildman–Crippen LogP) is 4.68. The first-order chi connectivity index (χ1) is 21.0. The van der Waals surface area contributed by atoms with E-state index in [1.54, 1.807) is 18.2 Å². The molecule has 3 N–H and O–H groups in total. The van der Waals surface area contributed by atoms with E-state index in [1.807, 2.05) is 18.2 Å². The van der Waals surface area contributed by atoms with Gasteiger partial charge in [-0.05, 0) is 67.5 Å². The number of nitrogens with zero attached hydrogens (tertiary/aromatic N) is 2. The third-order valence-corrected chi connectivity index (χ3v) is 11.2. The van der Waals surface area contributed by atoms with E-state index in [9.17, 15) is 23.1 Å². The van der Waals surface area contributed by atoms with E-state index in [0.717, 1.165) is 18.4 Å². The van der Waals surface area contributed by atoms with Gasteiger partial charge >= 0.3 is 0 Å². The summed E-state index contributed by atoms with van der Waals surface area (Å²) in [7, 11) is -4.15. The molecule has 0 radical (unpaired) electrons. The topological polar surface area (TPSA) is 121 Å². The molecule has 0 aliphatic carbocycles. The highest BCUT2D eigenvalue weighted by molar-refractivity contribution is 7.91. The van der Waals surface area contributed by atoms with Gasteiger partial charge in [0.25, 0.3) is 0 Å². The number of phenolic OH excluding ortho intramolecular Hbond substituents is 1. The van der Waals surface area contributed by atoms with Crippen LogP contribution in [0, 0.1) is 0 Å². The van der Waals surface area contributed by atoms with Crippen LogP contribution in [-0.2, 0) is 32.3 Å². The largest absolute Gasteiger partial charge is 0.507 e. The van der Waals surface area contributed by atoms with Crippen molar-refractivity contribution in [1.82, 2.24) is 9.80 Å². The number of para-hydroxylation sites is 1. The zero-order chi connectivity index (χ0) is 31.4. The first-order valence-electron chi connectivity index (χ1n) is 14.9. The van der Waals surface area contributed by atoms with E-state index >= 15 is 0 Å². The lowest BCUT2D eigenvalue weighted by molar-refractivity contribution is -0.141. The molecular formula is C33H37Cl2N3O5S. The Balaban J connectivity index is 1.43. The second kappa shape index (κ2) is 14.0. The molecule has 0 saturated carbocycles. The fourth-order valence-electron chi connectivity index (χ4n) is 6.40. The van der Waals surface area contributed by atoms with Gasteiger partial charge in [0.05, 0.1) is 21.8 Å². The van der Waals surface area contributed by atoms with Crippen molar-refractivity contribution in [3.05, 3.63) is 94.0 Å². The number of nitrogens with two attached hydrogens (primary N) is 1. The third-order valence-electron chi connectivity index (χ3n) is 8.69. The predicted molar refractivity (Wildman–Crippen MR) is 172 cm³/mol. The van der Waals surface area contributed by atoms with Crippen molar-refractivity contribution < 1.29 is 23.1 Å². The molecule has 11 heteroatoms. The Morgan fingerprint density at radius 3 is 2.43 bits per heavy atom. The van der Waals surface area contributed by atoms with Gasteiger partial charge in [0.15, 0.2) is 15.6 Å². The lowest BCUT2D eigenvalue weighted by Crippen LogP contribution is -2.53. The summed E-state index contributed by atoms with van der Waals surface area (Å²) in [4.78, 5) is 31.5. The summed E-state index contributed by atoms with van der Waals surface area (Å²) in [6.07, 6.45) is 2.94. The van der Waals surface area contributed by atoms with Gasteiger partial charge in [0.2, 0.25) is 5.91 Å². The Kier molecular flexibility index (Phi) is 10.3. The second-order valence-electron chi connectivity index (χ2n) is 11.7. The van der Waals surface area contributed by atoms with E-state index in [0.29, 0.717) is 35.9 Å². The number of aryl methyl sites for hydroxylation is 2. The van der Waals surface area contributed by atoms with Gasteiger partial charge in [0.1, 0.15) is 16.7 Å². The second-order valence-corrected chi connectivity index (χ2v) is 14.5. The molecule has 0 bridgehead atoms. The number of aromatic hydroxyl groups is 1. The summed E-state index contributed by atoms with van der Waals surface area (Å²) in [5.41, 5.74) is 8.33. The number of carbonyl (C=O) groups is 2. The molecule has 234 valence electrons. The van der Waals surface area contributed by atoms with Crippen molar-refractivity contribution in [1.29, 1.82) is 0 Å². The van der Waals surface area contributed by atoms with Crippen LogP contribution in [0.2, 0.25) is 10.0 Å². The zero-order valence-electron chi connectivity index (χ0n) is 24.3. The van der Waals surface area contributed by atoms with Crippen molar-refractivity contribution in [2.45, 2.75) is 67.6 Å². The number of amides is 1. The number of phenols is 1. The molecule has 1 unspecified atom stereocenters. The van der Waals surface area contributed by atoms with Crippen LogP contribution in [0.15, 0.2) is 77.7 Å². The first-order valence-corrected chi connectivity index (χ1v) is 17.3. The Labute approximate surface area is 268 Å². The van der Waals surface area contributed by atoms with Crippen LogP contribution in [-0.4, -0.2) is 78.0 Å². The van der Waals surface area contributed by atoms with Crippen molar-refractivity contribution in [2.75, 3.05) is 18.8 Å². The fraction of sp³-hybridized carbons (Fsp3) is 0.394. The number of Topliss-reactive ketones (excluding diaryl/α,β-unsaturated/α-hetero) is 1. The Morgan fingerprint density at radius 2 is 1.70 bits per heavy atom. The van der Waals surface area contributed by atoms with Crippen molar-refractivity contribution in [3.8, 4) is 5.75 Å². The van der Waals surface area contributed by atoms with E-state index in [2.05, 4.69) is 17.0 Å². The number of sulfone groups is 1. The summed E-state index contributed by atoms with van der Waals surface area (Å²) >= 11 is 12.2. The summed E-state index contributed by atoms with van der Waals surface area (Å²) in [6.45, 7) is 0.801. The van der Waals surface area contributed by atoms with Crippen molar-refractivity contribution >= 4 is 44.7 Å². The molecule has 2 heterocycles. The monoisotopic (exact) mass is 657 g/mol. The van der Waals surface area contributed by atoms with Gasteiger partial charge < -0.3 is 15.7 Å². The van der Waals surface area contributed by atoms with Gasteiger partial charge in [-0.1, -0.05) is 71.7 Å². The van der Waals surface area contributed by atoms with Crippen LogP contribution in [0.1, 0.15) is 36.8 Å². The quantitative estimate of drug-likeness (QED) is 0.307. The van der Waals surface area contributed by atoms with Crippen molar-refractivity contribution in [2.24, 2.45) is 5.73 Å². The maximum atomic E-state index is 14.2. The molecule has 8 nitrogen and oxygen atoms in total. The maximum absolute atomic E-state index is 14.2. The molecule has 5 rings (SSSR count). The number of fused-ring (bicyclic) bond motifs is 1. The molecule has 3 aromatic rings. The normalized spacial score (nSPS) is 21.6. The highest BCUT2D eigenvalue weighted by Crippen LogP contribution is 2.32. The summed E-state index contributed by atoms with van der Waals surface area (Å²) in [6, 6.07) is 18.9. The SMILES string of the molecule is N[C@@H]1C[C@H]2C(=O)N([C@H](CS(=O)(=O)c3ccccc3O)C(=O)CCc3ccc(Cl)c(Cl)c3)CCC(CCc3ccccc3)N2C1. The lowest BCUT2D eigenvalue weighted by atomic mass is 10.0. The molecule has 44 heavy (non-hydrogen) atoms. The van der Waals surface area contributed by atoms with E-state index in [4.69, 9.17) is 28.9 Å². The van der Waals surface area contributed by atoms with E-state index in [1.165, 1.54) is 34.7 Å². The van der Waals surface area contributed by atoms with E-state index in [-0.39, 0.29) is 41.6 Å². The van der Waals surface area contributed by atoms with Crippen LogP contribution in [0.5, 0.6) is 5.75 Å². The van der Waals surface area contributed by atoms with Crippen LogP contribution in [0.25, 0.3) is 0 Å². The molecule has 2 aliphatic rings. The number of halogens is 2. The molecular weight excluding hydrogens is 621 g/mol. The smallest absolute Gasteiger partial charge is 0.240 e. The molecule has 2 fully saturated rings. The van der Waals surface area contributed by atoms with Crippen LogP contribution < -0.4 is 5.73 Å². The standard InChI is InChI=1S/C33H37Cl2N3O5S/c34-26-14-11-23(18-27(26)35)12-15-30(39)29(21-44(42,43)32-9-5-4-8-31(32)40)37-17-16-25(13-10-22-6-2-1-3-7-22)38-20-24(36)19-28(38)33(37)41/h1-9,11,14,18,24-25,28-29,40H,10,12-13,15-17,19-21,36H2/t24-,25?,28+,29-/m1/s1. The van der Waals surface area contributed by atoms with Crippen molar-refractivity contribution in [3.63, 3.8) is 0 Å². The summed E-state index contributed by atoms with van der Waals surface area (Å²) in [5.74, 6) is -1.68. The van der Waals surface area contributed by atoms with E-state index < -0.39 is 33.4 Å². The fourth-order valence-corrected chi connectivity index (χ4v) is 8.35. The van der Waals surface area contributed by atoms with Gasteiger partial charge in [-0.25, -0.2) is 8.42 Å². The first kappa shape index (κ1) is 32.4. The Bertz CT molecular complexity index is 1600. The number of carbonyl (C=O) groups excluding carboxylic acids is 2. The number of benzene rings is 3. The number of hydrogen-bond acceptors (Lipinski definition) is 7. The zero-order valence-corrected chi connectivity index (χ0v) is 26.6. The van der Waals surface area contributed by atoms with Gasteiger partial charge in [0, 0.05) is 31.6 Å². The number of rotatable bonds is 11. The molecule has 0 aromatic heterocycles. The number of ketones is 1. The Hall–Kier alpha value is -2.95. The summed E-state index contributed by atoms with van der Waals surface area (Å²) < 4.78 is 27.3. The third kappa shape index (κ3) is 7.46. The van der Waals surface area contributed by atoms with Gasteiger partial charge in [-0.3, -0.25) is 14.5 Å². The highest BCUT2D eigenvalue weighted by atomic mass is 35.5. The maximum Gasteiger partial charge on any atom is 0.240 e. The molecule has 0 spiro atoms. The minimum atomic E-state index is -4.15. The molecule has 3 aromatic carbocycles. The van der Waals surface area contributed by atoms with Crippen LogP contribution in [0.3, 0.4) is 0 Å². The minimum absolute atomic E-state index is 0.00592. The highest BCUT2D eigenvalue weighted by Gasteiger charge is 2.46. The van der Waals surface area contributed by atoms with Crippen LogP contribution in [0.4, 0.5) is 0 Å². The average molecular weight is 659 g/mol. The van der Waals surface area contributed by atoms with Gasteiger partial charge in [-0.2, -0.15) is 0 Å². The molecule has 2 aliphatic heterocycles. The average Bonchev–Trinajstić information content (AvgIpc) is 3.34.